The second-order valence-corrected chi connectivity index (χ2v) is 8.34. The minimum absolute atomic E-state index is 0.261. The van der Waals surface area contributed by atoms with E-state index in [2.05, 4.69) is 16.2 Å². The van der Waals surface area contributed by atoms with Gasteiger partial charge in [0, 0.05) is 24.2 Å². The minimum Gasteiger partial charge on any atom is -0.298 e. The van der Waals surface area contributed by atoms with Crippen LogP contribution in [0.2, 0.25) is 5.02 Å². The van der Waals surface area contributed by atoms with Gasteiger partial charge in [-0.25, -0.2) is 13.1 Å². The van der Waals surface area contributed by atoms with Crippen LogP contribution >= 0.6 is 11.6 Å². The van der Waals surface area contributed by atoms with Crippen molar-refractivity contribution in [2.24, 2.45) is 11.8 Å². The molecular weight excluding hydrogens is 320 g/mol. The molecule has 1 aromatic rings. The first-order chi connectivity index (χ1) is 10.5. The smallest absolute Gasteiger partial charge is 0.240 e. The highest BCUT2D eigenvalue weighted by molar-refractivity contribution is 7.89. The van der Waals surface area contributed by atoms with Crippen molar-refractivity contribution in [3.8, 4) is 0 Å². The summed E-state index contributed by atoms with van der Waals surface area (Å²) < 4.78 is 27.4. The van der Waals surface area contributed by atoms with Gasteiger partial charge in [0.15, 0.2) is 0 Å². The summed E-state index contributed by atoms with van der Waals surface area (Å²) in [6.07, 6.45) is 4.28. The van der Waals surface area contributed by atoms with Crippen molar-refractivity contribution in [1.82, 2.24) is 9.62 Å². The maximum atomic E-state index is 12.3. The number of benzene rings is 1. The number of sulfonamides is 1. The molecule has 0 saturated carbocycles. The van der Waals surface area contributed by atoms with Crippen molar-refractivity contribution >= 4 is 21.6 Å². The van der Waals surface area contributed by atoms with E-state index in [0.29, 0.717) is 23.4 Å². The van der Waals surface area contributed by atoms with Crippen LogP contribution in [0.15, 0.2) is 41.8 Å². The van der Waals surface area contributed by atoms with Crippen LogP contribution in [0.25, 0.3) is 0 Å². The molecule has 4 unspecified atom stereocenters. The van der Waals surface area contributed by atoms with Gasteiger partial charge in [-0.05, 0) is 55.5 Å². The molecule has 0 amide bonds. The molecule has 22 heavy (non-hydrogen) atoms. The first kappa shape index (κ1) is 16.0. The summed E-state index contributed by atoms with van der Waals surface area (Å²) in [7, 11) is -3.47. The lowest BCUT2D eigenvalue weighted by molar-refractivity contribution is 0.0218. The van der Waals surface area contributed by atoms with Gasteiger partial charge in [0.25, 0.3) is 0 Å². The van der Waals surface area contributed by atoms with E-state index in [0.717, 1.165) is 19.5 Å². The molecule has 120 valence electrons. The number of nitrogens with one attached hydrogen (secondary N) is 1. The molecule has 3 saturated heterocycles. The fraction of sp³-hybridized carbons (Fsp3) is 0.500. The molecule has 3 aliphatic rings. The third kappa shape index (κ3) is 3.23. The number of nitrogens with zero attached hydrogens (tertiary/aromatic N) is 1. The molecular formula is C16H21ClN2O2S. The normalized spacial score (nSPS) is 31.1. The van der Waals surface area contributed by atoms with Crippen LogP contribution in [0, 0.1) is 11.8 Å². The average Bonchev–Trinajstić information content (AvgIpc) is 2.54. The summed E-state index contributed by atoms with van der Waals surface area (Å²) in [6.45, 7) is 6.43. The predicted octanol–water partition coefficient (Wildman–Crippen LogP) is 2.51. The lowest BCUT2D eigenvalue weighted by atomic mass is 9.76. The van der Waals surface area contributed by atoms with Crippen molar-refractivity contribution in [3.63, 3.8) is 0 Å². The molecule has 1 N–H and O–H groups in total. The van der Waals surface area contributed by atoms with Crippen molar-refractivity contribution in [1.29, 1.82) is 0 Å². The first-order valence-corrected chi connectivity index (χ1v) is 9.47. The number of hydrogen-bond acceptors (Lipinski definition) is 3. The van der Waals surface area contributed by atoms with E-state index in [4.69, 9.17) is 11.6 Å². The number of piperidine rings is 3. The number of rotatable bonds is 5. The number of hydrogen-bond donors (Lipinski definition) is 1. The Morgan fingerprint density at radius 2 is 2.09 bits per heavy atom. The molecule has 0 spiro atoms. The molecule has 1 aromatic carbocycles. The zero-order chi connectivity index (χ0) is 15.7. The maximum absolute atomic E-state index is 12.3. The van der Waals surface area contributed by atoms with Gasteiger partial charge in [0.05, 0.1) is 4.90 Å². The van der Waals surface area contributed by atoms with E-state index in [1.165, 1.54) is 18.6 Å². The van der Waals surface area contributed by atoms with E-state index >= 15 is 0 Å². The van der Waals surface area contributed by atoms with Crippen LogP contribution in [0.3, 0.4) is 0 Å². The Balaban J connectivity index is 1.63. The van der Waals surface area contributed by atoms with E-state index in [1.54, 1.807) is 12.1 Å². The van der Waals surface area contributed by atoms with Crippen molar-refractivity contribution in [3.05, 3.63) is 41.9 Å². The Morgan fingerprint density at radius 1 is 1.36 bits per heavy atom. The topological polar surface area (TPSA) is 49.4 Å². The molecule has 3 heterocycles. The van der Waals surface area contributed by atoms with E-state index < -0.39 is 10.0 Å². The molecule has 4 rings (SSSR count). The van der Waals surface area contributed by atoms with Gasteiger partial charge in [0.1, 0.15) is 0 Å². The average molecular weight is 341 g/mol. The van der Waals surface area contributed by atoms with Gasteiger partial charge >= 0.3 is 0 Å². The van der Waals surface area contributed by atoms with Gasteiger partial charge in [-0.2, -0.15) is 0 Å². The van der Waals surface area contributed by atoms with Crippen LogP contribution in [0.5, 0.6) is 0 Å². The van der Waals surface area contributed by atoms with Crippen LogP contribution in [-0.4, -0.2) is 39.0 Å². The first-order valence-electron chi connectivity index (χ1n) is 7.61. The maximum Gasteiger partial charge on any atom is 0.240 e. The van der Waals surface area contributed by atoms with Crippen LogP contribution in [0.4, 0.5) is 0 Å². The van der Waals surface area contributed by atoms with Gasteiger partial charge < -0.3 is 0 Å². The van der Waals surface area contributed by atoms with Crippen LogP contribution in [0.1, 0.15) is 12.8 Å². The third-order valence-electron chi connectivity index (χ3n) is 4.86. The molecule has 4 atom stereocenters. The van der Waals surface area contributed by atoms with Gasteiger partial charge in [0.2, 0.25) is 10.0 Å². The SMILES string of the molecule is C=CC1CN2CCC1CC2CNS(=O)(=O)c1ccc(Cl)cc1. The summed E-state index contributed by atoms with van der Waals surface area (Å²) in [5.41, 5.74) is 0. The zero-order valence-corrected chi connectivity index (χ0v) is 14.0. The monoisotopic (exact) mass is 340 g/mol. The predicted molar refractivity (Wildman–Crippen MR) is 88.4 cm³/mol. The standard InChI is InChI=1S/C16H21ClN2O2S/c1-2-12-11-19-8-7-13(12)9-15(19)10-18-22(20,21)16-5-3-14(17)4-6-16/h2-6,12-13,15,18H,1,7-11H2. The number of fused-ring (bicyclic) bond motifs is 3. The summed E-state index contributed by atoms with van der Waals surface area (Å²) in [5.74, 6) is 1.20. The largest absolute Gasteiger partial charge is 0.298 e. The molecule has 4 nitrogen and oxygen atoms in total. The van der Waals surface area contributed by atoms with Crippen molar-refractivity contribution in [2.75, 3.05) is 19.6 Å². The summed E-state index contributed by atoms with van der Waals surface area (Å²) in [4.78, 5) is 2.65. The summed E-state index contributed by atoms with van der Waals surface area (Å²) >= 11 is 5.80. The Morgan fingerprint density at radius 3 is 2.68 bits per heavy atom. The summed E-state index contributed by atoms with van der Waals surface area (Å²) in [6, 6.07) is 6.54. The van der Waals surface area contributed by atoms with Crippen molar-refractivity contribution < 1.29 is 8.42 Å². The lowest BCUT2D eigenvalue weighted by Gasteiger charge is -2.49. The molecule has 6 heteroatoms. The molecule has 0 aliphatic carbocycles. The van der Waals surface area contributed by atoms with E-state index in [1.807, 2.05) is 6.08 Å². The van der Waals surface area contributed by atoms with Gasteiger partial charge in [-0.1, -0.05) is 17.7 Å². The van der Waals surface area contributed by atoms with E-state index in [9.17, 15) is 8.42 Å². The van der Waals surface area contributed by atoms with Gasteiger partial charge in [-0.3, -0.25) is 4.90 Å². The zero-order valence-electron chi connectivity index (χ0n) is 12.4. The van der Waals surface area contributed by atoms with Crippen LogP contribution < -0.4 is 4.72 Å². The second kappa shape index (κ2) is 6.32. The Bertz CT molecular complexity index is 645. The Kier molecular flexibility index (Phi) is 4.59. The minimum atomic E-state index is -3.47. The third-order valence-corrected chi connectivity index (χ3v) is 6.56. The van der Waals surface area contributed by atoms with Gasteiger partial charge in [-0.15, -0.1) is 6.58 Å². The molecule has 2 bridgehead atoms. The Labute approximate surface area is 137 Å². The van der Waals surface area contributed by atoms with Crippen LogP contribution in [-0.2, 0) is 10.0 Å². The fourth-order valence-electron chi connectivity index (χ4n) is 3.56. The van der Waals surface area contributed by atoms with Crippen molar-refractivity contribution in [2.45, 2.75) is 23.8 Å². The Hall–Kier alpha value is -0.880. The second-order valence-electron chi connectivity index (χ2n) is 6.14. The fourth-order valence-corrected chi connectivity index (χ4v) is 4.76. The quantitative estimate of drug-likeness (QED) is 0.838. The summed E-state index contributed by atoms with van der Waals surface area (Å²) in [5, 5.41) is 0.533. The molecule has 0 aromatic heterocycles. The molecule has 3 aliphatic heterocycles. The highest BCUT2D eigenvalue weighted by Gasteiger charge is 2.38. The molecule has 3 fully saturated rings. The lowest BCUT2D eigenvalue weighted by Crippen LogP contribution is -2.56. The number of halogens is 1. The highest BCUT2D eigenvalue weighted by Crippen LogP contribution is 2.36. The molecule has 0 radical (unpaired) electrons. The van der Waals surface area contributed by atoms with E-state index in [-0.39, 0.29) is 10.9 Å². The highest BCUT2D eigenvalue weighted by atomic mass is 35.5.